The van der Waals surface area contributed by atoms with Gasteiger partial charge in [-0.25, -0.2) is 0 Å². The molecule has 1 saturated heterocycles. The van der Waals surface area contributed by atoms with Crippen LogP contribution in [-0.4, -0.2) is 113 Å². The number of ketones is 3. The van der Waals surface area contributed by atoms with E-state index >= 15 is 0 Å². The first-order valence-corrected chi connectivity index (χ1v) is 16.4. The van der Waals surface area contributed by atoms with E-state index in [1.165, 1.54) is 25.3 Å². The predicted molar refractivity (Wildman–Crippen MR) is 172 cm³/mol. The summed E-state index contributed by atoms with van der Waals surface area (Å²) in [6, 6.07) is 1.76. The zero-order valence-electron chi connectivity index (χ0n) is 29.6. The van der Waals surface area contributed by atoms with Gasteiger partial charge in [-0.15, -0.1) is 0 Å². The number of phenolic OH excluding ortho intramolecular Hbond substituents is 2. The number of aliphatic hydroxyl groups is 1. The molecule has 1 fully saturated rings. The van der Waals surface area contributed by atoms with E-state index < -0.39 is 143 Å². The quantitative estimate of drug-likeness (QED) is 0.136. The normalized spacial score (nSPS) is 25.8. The molecule has 55 heavy (non-hydrogen) atoms. The Kier molecular flexibility index (Phi) is 11.0. The molecule has 0 spiro atoms. The summed E-state index contributed by atoms with van der Waals surface area (Å²) in [5.74, 6) is -10.7. The summed E-state index contributed by atoms with van der Waals surface area (Å²) >= 11 is 0. The Morgan fingerprint density at radius 2 is 1.53 bits per heavy atom. The van der Waals surface area contributed by atoms with Crippen LogP contribution in [0.3, 0.4) is 0 Å². The van der Waals surface area contributed by atoms with Gasteiger partial charge >= 0.3 is 30.0 Å². The number of alkyl halides is 3. The number of hydrogen-bond donors (Lipinski definition) is 4. The van der Waals surface area contributed by atoms with Gasteiger partial charge in [0.05, 0.1) is 29.9 Å². The Bertz CT molecular complexity index is 2000. The minimum Gasteiger partial charge on any atom is -0.507 e. The topological polar surface area (TPSA) is 248 Å². The van der Waals surface area contributed by atoms with Crippen molar-refractivity contribution in [1.82, 2.24) is 5.32 Å². The predicted octanol–water partition coefficient (Wildman–Crippen LogP) is 1.40. The van der Waals surface area contributed by atoms with Crippen molar-refractivity contribution in [3.63, 3.8) is 0 Å². The van der Waals surface area contributed by atoms with Crippen LogP contribution in [0.1, 0.15) is 83.2 Å². The lowest BCUT2D eigenvalue weighted by molar-refractivity contribution is -0.293. The van der Waals surface area contributed by atoms with Crippen molar-refractivity contribution in [2.24, 2.45) is 0 Å². The SMILES string of the molecule is COc1cccc2c1C(=O)c1c(O)c3c(c(O)c1C2=O)CC(O)(C(C)=O)CC3OC1OC(COC(C)=O)C(OC(C)=O)C(OC(C)=O)C1NC(=O)C(F)(F)F. The molecule has 4 N–H and O–H groups in total. The highest BCUT2D eigenvalue weighted by Crippen LogP contribution is 2.52. The van der Waals surface area contributed by atoms with Gasteiger partial charge in [0, 0.05) is 50.3 Å². The lowest BCUT2D eigenvalue weighted by Gasteiger charge is -2.47. The van der Waals surface area contributed by atoms with Crippen LogP contribution in [0.4, 0.5) is 13.2 Å². The van der Waals surface area contributed by atoms with Crippen LogP contribution in [0.2, 0.25) is 0 Å². The minimum absolute atomic E-state index is 0.0756. The number of carbonyl (C=O) groups is 7. The fourth-order valence-corrected chi connectivity index (χ4v) is 6.87. The van der Waals surface area contributed by atoms with Crippen molar-refractivity contribution in [2.45, 2.75) is 89.1 Å². The molecule has 17 nitrogen and oxygen atoms in total. The number of benzene rings is 2. The van der Waals surface area contributed by atoms with Crippen LogP contribution in [0.15, 0.2) is 18.2 Å². The number of halogens is 3. The Hall–Kier alpha value is -5.60. The van der Waals surface area contributed by atoms with Gasteiger partial charge in [0.25, 0.3) is 0 Å². The molecule has 7 atom stereocenters. The number of hydrogen-bond acceptors (Lipinski definition) is 16. The van der Waals surface area contributed by atoms with Gasteiger partial charge in [-0.3, -0.25) is 33.6 Å². The molecular weight excluding hydrogens is 747 g/mol. The maximum Gasteiger partial charge on any atom is 0.471 e. The first-order chi connectivity index (χ1) is 25.6. The number of methoxy groups -OCH3 is 1. The van der Waals surface area contributed by atoms with Crippen molar-refractivity contribution in [2.75, 3.05) is 13.7 Å². The van der Waals surface area contributed by atoms with Gasteiger partial charge in [-0.2, -0.15) is 13.2 Å². The standard InChI is InChI=1S/C35H34F3NO16/c1-12(40)34(49)9-17-22(29(47)24-23(27(17)45)26(44)16-7-6-8-18(50-5)21(16)28(24)46)19(10-34)54-32-25(39-33(48)35(36,37)38)31(53-15(4)43)30(52-14(3)42)20(55-32)11-51-13(2)41/h6-8,19-20,25,30-32,45,47,49H,9-11H2,1-5H3,(H,39,48). The third-order valence-corrected chi connectivity index (χ3v) is 9.29. The van der Waals surface area contributed by atoms with E-state index in [0.717, 1.165) is 27.7 Å². The second kappa shape index (κ2) is 14.9. The number of esters is 3. The summed E-state index contributed by atoms with van der Waals surface area (Å²) in [6.07, 6.45) is -17.0. The molecule has 2 aliphatic carbocycles. The molecule has 2 aromatic carbocycles. The van der Waals surface area contributed by atoms with E-state index in [0.29, 0.717) is 0 Å². The van der Waals surface area contributed by atoms with Gasteiger partial charge in [-0.05, 0) is 13.0 Å². The van der Waals surface area contributed by atoms with Crippen molar-refractivity contribution in [3.05, 3.63) is 51.6 Å². The summed E-state index contributed by atoms with van der Waals surface area (Å²) in [6.45, 7) is 2.84. The Balaban J connectivity index is 1.72. The van der Waals surface area contributed by atoms with Crippen LogP contribution >= 0.6 is 0 Å². The summed E-state index contributed by atoms with van der Waals surface area (Å²) in [7, 11) is 1.21. The number of fused-ring (bicyclic) bond motifs is 3. The van der Waals surface area contributed by atoms with Gasteiger partial charge in [-0.1, -0.05) is 12.1 Å². The zero-order chi connectivity index (χ0) is 40.9. The average Bonchev–Trinajstić information content (AvgIpc) is 3.08. The Labute approximate surface area is 308 Å². The number of Topliss-reactive ketones (excluding diaryl/α,β-unsaturated/α-hetero) is 1. The molecule has 3 aliphatic rings. The maximum absolute atomic E-state index is 14.0. The van der Waals surface area contributed by atoms with Crippen molar-refractivity contribution >= 4 is 41.2 Å². The number of nitrogens with one attached hydrogen (secondary N) is 1. The van der Waals surface area contributed by atoms with Crippen molar-refractivity contribution in [1.29, 1.82) is 0 Å². The number of aromatic hydroxyl groups is 2. The minimum atomic E-state index is -5.57. The molecule has 1 aliphatic heterocycles. The Morgan fingerprint density at radius 3 is 2.09 bits per heavy atom. The highest BCUT2D eigenvalue weighted by Gasteiger charge is 2.56. The first kappa shape index (κ1) is 40.6. The number of amides is 1. The highest BCUT2D eigenvalue weighted by molar-refractivity contribution is 6.31. The molecule has 296 valence electrons. The summed E-state index contributed by atoms with van der Waals surface area (Å²) in [5, 5.41) is 36.5. The molecule has 7 unspecified atom stereocenters. The molecule has 0 bridgehead atoms. The monoisotopic (exact) mass is 781 g/mol. The summed E-state index contributed by atoms with van der Waals surface area (Å²) in [5.41, 5.74) is -5.40. The van der Waals surface area contributed by atoms with E-state index in [1.54, 1.807) is 5.32 Å². The van der Waals surface area contributed by atoms with Crippen LogP contribution in [0, 0.1) is 0 Å². The largest absolute Gasteiger partial charge is 0.507 e. The second-order valence-corrected chi connectivity index (χ2v) is 13.0. The highest BCUT2D eigenvalue weighted by atomic mass is 19.4. The third-order valence-electron chi connectivity index (χ3n) is 9.29. The Morgan fingerprint density at radius 1 is 0.909 bits per heavy atom. The van der Waals surface area contributed by atoms with Crippen LogP contribution in [0.5, 0.6) is 17.2 Å². The molecular formula is C35H34F3NO16. The number of phenols is 2. The molecule has 0 saturated carbocycles. The molecule has 2 aromatic rings. The maximum atomic E-state index is 14.0. The fraction of sp³-hybridized carbons (Fsp3) is 0.457. The van der Waals surface area contributed by atoms with Gasteiger partial charge in [0.1, 0.15) is 41.6 Å². The molecule has 0 aromatic heterocycles. The van der Waals surface area contributed by atoms with E-state index in [1.807, 2.05) is 0 Å². The third kappa shape index (κ3) is 7.56. The molecule has 20 heteroatoms. The van der Waals surface area contributed by atoms with Crippen LogP contribution in [0.25, 0.3) is 0 Å². The molecule has 1 heterocycles. The van der Waals surface area contributed by atoms with Crippen molar-refractivity contribution < 1.29 is 90.5 Å². The van der Waals surface area contributed by atoms with E-state index in [-0.39, 0.29) is 16.9 Å². The smallest absolute Gasteiger partial charge is 0.471 e. The molecule has 0 radical (unpaired) electrons. The lowest BCUT2D eigenvalue weighted by atomic mass is 9.72. The van der Waals surface area contributed by atoms with Crippen LogP contribution < -0.4 is 10.1 Å². The number of carbonyl (C=O) groups excluding carboxylic acids is 7. The second-order valence-electron chi connectivity index (χ2n) is 13.0. The average molecular weight is 782 g/mol. The van der Waals surface area contributed by atoms with Gasteiger partial charge < -0.3 is 49.1 Å². The van der Waals surface area contributed by atoms with Crippen LogP contribution in [-0.2, 0) is 54.1 Å². The van der Waals surface area contributed by atoms with Gasteiger partial charge in [0.2, 0.25) is 5.78 Å². The fourth-order valence-electron chi connectivity index (χ4n) is 6.87. The first-order valence-electron chi connectivity index (χ1n) is 16.4. The van der Waals surface area contributed by atoms with E-state index in [9.17, 15) is 62.1 Å². The molecule has 5 rings (SSSR count). The van der Waals surface area contributed by atoms with E-state index in [4.69, 9.17) is 28.4 Å². The van der Waals surface area contributed by atoms with Crippen molar-refractivity contribution in [3.8, 4) is 17.2 Å². The summed E-state index contributed by atoms with van der Waals surface area (Å²) in [4.78, 5) is 89.3. The van der Waals surface area contributed by atoms with Gasteiger partial charge in [0.15, 0.2) is 30.1 Å². The number of ether oxygens (including phenoxy) is 6. The molecule has 1 amide bonds. The summed E-state index contributed by atoms with van der Waals surface area (Å²) < 4.78 is 73.7. The lowest BCUT2D eigenvalue weighted by Crippen LogP contribution is -2.67. The van der Waals surface area contributed by atoms with E-state index in [2.05, 4.69) is 0 Å². The zero-order valence-corrected chi connectivity index (χ0v) is 29.6. The number of rotatable bonds is 9.